The van der Waals surface area contributed by atoms with Crippen LogP contribution in [-0.4, -0.2) is 46.4 Å². The van der Waals surface area contributed by atoms with E-state index in [0.29, 0.717) is 0 Å². The predicted molar refractivity (Wildman–Crippen MR) is 79.2 cm³/mol. The van der Waals surface area contributed by atoms with E-state index in [1.165, 1.54) is 0 Å². The first-order chi connectivity index (χ1) is 10.8. The Morgan fingerprint density at radius 1 is 0.542 bits per heavy atom. The summed E-state index contributed by atoms with van der Waals surface area (Å²) in [6, 6.07) is 5.40. The molecule has 0 saturated carbocycles. The lowest BCUT2D eigenvalue weighted by Crippen LogP contribution is -1.96. The van der Waals surface area contributed by atoms with Crippen LogP contribution in [0.5, 0.6) is 23.0 Å². The van der Waals surface area contributed by atoms with E-state index in [0.717, 1.165) is 36.4 Å². The minimum absolute atomic E-state index is 0.442. The van der Waals surface area contributed by atoms with Crippen LogP contribution in [-0.2, 0) is 20.2 Å². The monoisotopic (exact) mass is 380 g/mol. The molecule has 132 valence electrons. The van der Waals surface area contributed by atoms with Crippen LogP contribution < -0.4 is 0 Å². The van der Waals surface area contributed by atoms with E-state index in [-0.39, 0.29) is 0 Å². The molecule has 0 radical (unpaired) electrons. The first-order valence-corrected chi connectivity index (χ1v) is 8.69. The van der Waals surface area contributed by atoms with Crippen molar-refractivity contribution in [1.82, 2.24) is 0 Å². The van der Waals surface area contributed by atoms with E-state index in [2.05, 4.69) is 0 Å². The summed E-state index contributed by atoms with van der Waals surface area (Å²) in [6.45, 7) is 0. The fraction of sp³-hybridized carbons (Fsp3) is 0. The molecule has 12 heteroatoms. The average Bonchev–Trinajstić information content (AvgIpc) is 2.43. The quantitative estimate of drug-likeness (QED) is 0.319. The van der Waals surface area contributed by atoms with Gasteiger partial charge >= 0.3 is 0 Å². The number of hydrogen-bond donors (Lipinski definition) is 6. The molecule has 0 aliphatic carbocycles. The molecule has 6 N–H and O–H groups in total. The number of aromatic hydroxyl groups is 4. The summed E-state index contributed by atoms with van der Waals surface area (Å²) in [6.07, 6.45) is 0. The van der Waals surface area contributed by atoms with E-state index in [1.807, 2.05) is 0 Å². The number of phenols is 4. The SMILES string of the molecule is O=S(=O)(O)c1ccc(O)c(O)c1.O=S(=O)(O)c1ccc(O)c(O)c1. The molecule has 0 aromatic heterocycles. The Morgan fingerprint density at radius 2 is 0.833 bits per heavy atom. The van der Waals surface area contributed by atoms with Crippen LogP contribution in [0.15, 0.2) is 46.2 Å². The molecule has 0 heterocycles. The maximum Gasteiger partial charge on any atom is 0.294 e. The Bertz CT molecular complexity index is 868. The van der Waals surface area contributed by atoms with Gasteiger partial charge in [-0.1, -0.05) is 0 Å². The van der Waals surface area contributed by atoms with Gasteiger partial charge in [-0.2, -0.15) is 16.8 Å². The Kier molecular flexibility index (Phi) is 5.62. The third kappa shape index (κ3) is 5.27. The fourth-order valence-corrected chi connectivity index (χ4v) is 2.33. The van der Waals surface area contributed by atoms with Crippen molar-refractivity contribution in [3.05, 3.63) is 36.4 Å². The van der Waals surface area contributed by atoms with Gasteiger partial charge in [0.15, 0.2) is 23.0 Å². The molecule has 2 rings (SSSR count). The Morgan fingerprint density at radius 3 is 1.04 bits per heavy atom. The van der Waals surface area contributed by atoms with Gasteiger partial charge in [-0.05, 0) is 24.3 Å². The summed E-state index contributed by atoms with van der Waals surface area (Å²) in [5.41, 5.74) is 0. The second-order valence-electron chi connectivity index (χ2n) is 4.25. The van der Waals surface area contributed by atoms with Crippen molar-refractivity contribution in [2.75, 3.05) is 0 Å². The lowest BCUT2D eigenvalue weighted by atomic mass is 10.3. The van der Waals surface area contributed by atoms with E-state index >= 15 is 0 Å². The highest BCUT2D eigenvalue weighted by molar-refractivity contribution is 7.86. The molecule has 0 saturated heterocycles. The van der Waals surface area contributed by atoms with E-state index in [9.17, 15) is 16.8 Å². The number of phenolic OH excluding ortho intramolecular Hbond substituents is 4. The van der Waals surface area contributed by atoms with Gasteiger partial charge < -0.3 is 20.4 Å². The first kappa shape index (κ1) is 19.5. The van der Waals surface area contributed by atoms with E-state index < -0.39 is 53.0 Å². The van der Waals surface area contributed by atoms with Crippen molar-refractivity contribution in [3.8, 4) is 23.0 Å². The van der Waals surface area contributed by atoms with Gasteiger partial charge in [0, 0.05) is 12.1 Å². The normalized spacial score (nSPS) is 11.4. The summed E-state index contributed by atoms with van der Waals surface area (Å²) < 4.78 is 58.8. The predicted octanol–water partition coefficient (Wildman–Crippen LogP) is 0.689. The van der Waals surface area contributed by atoms with Crippen LogP contribution in [0.2, 0.25) is 0 Å². The Balaban J connectivity index is 0.000000240. The molecule has 0 atom stereocenters. The highest BCUT2D eigenvalue weighted by Crippen LogP contribution is 2.27. The van der Waals surface area contributed by atoms with Crippen molar-refractivity contribution in [2.45, 2.75) is 9.79 Å². The van der Waals surface area contributed by atoms with Crippen molar-refractivity contribution in [3.63, 3.8) is 0 Å². The van der Waals surface area contributed by atoms with Crippen LogP contribution in [0, 0.1) is 0 Å². The summed E-state index contributed by atoms with van der Waals surface area (Å²) in [4.78, 5) is -0.921. The van der Waals surface area contributed by atoms with Crippen LogP contribution in [0.1, 0.15) is 0 Å². The minimum Gasteiger partial charge on any atom is -0.504 e. The van der Waals surface area contributed by atoms with Gasteiger partial charge in [0.1, 0.15) is 0 Å². The minimum atomic E-state index is -4.31. The van der Waals surface area contributed by atoms with Crippen molar-refractivity contribution >= 4 is 20.2 Å². The summed E-state index contributed by atoms with van der Waals surface area (Å²) in [5.74, 6) is -2.07. The zero-order valence-electron chi connectivity index (χ0n) is 11.6. The molecule has 0 spiro atoms. The molecule has 0 aliphatic rings. The lowest BCUT2D eigenvalue weighted by Gasteiger charge is -1.99. The zero-order valence-corrected chi connectivity index (χ0v) is 13.2. The van der Waals surface area contributed by atoms with Gasteiger partial charge in [0.2, 0.25) is 0 Å². The lowest BCUT2D eigenvalue weighted by molar-refractivity contribution is 0.401. The molecule has 0 aliphatic heterocycles. The van der Waals surface area contributed by atoms with Gasteiger partial charge in [-0.25, -0.2) is 0 Å². The molecule has 2 aromatic rings. The van der Waals surface area contributed by atoms with Crippen LogP contribution in [0.4, 0.5) is 0 Å². The maximum atomic E-state index is 10.5. The molecular weight excluding hydrogens is 368 g/mol. The molecule has 0 bridgehead atoms. The third-order valence-electron chi connectivity index (χ3n) is 2.49. The maximum absolute atomic E-state index is 10.5. The average molecular weight is 380 g/mol. The second-order valence-corrected chi connectivity index (χ2v) is 7.09. The number of benzene rings is 2. The molecule has 0 amide bonds. The summed E-state index contributed by atoms with van der Waals surface area (Å²) in [7, 11) is -8.63. The third-order valence-corrected chi connectivity index (χ3v) is 4.19. The highest BCUT2D eigenvalue weighted by atomic mass is 32.2. The second kappa shape index (κ2) is 6.92. The standard InChI is InChI=1S/2C6H6O5S/c2*7-5-2-1-4(3-6(5)8)12(9,10)11/h2*1-3,7-8H,(H,9,10,11). The van der Waals surface area contributed by atoms with Crippen LogP contribution in [0.25, 0.3) is 0 Å². The number of rotatable bonds is 2. The smallest absolute Gasteiger partial charge is 0.294 e. The van der Waals surface area contributed by atoms with Crippen LogP contribution >= 0.6 is 0 Å². The van der Waals surface area contributed by atoms with Crippen molar-refractivity contribution in [2.24, 2.45) is 0 Å². The molecule has 0 fully saturated rings. The molecule has 0 unspecified atom stereocenters. The molecule has 24 heavy (non-hydrogen) atoms. The summed E-state index contributed by atoms with van der Waals surface area (Å²) in [5, 5.41) is 35.2. The largest absolute Gasteiger partial charge is 0.504 e. The molecular formula is C12H12O10S2. The van der Waals surface area contributed by atoms with Gasteiger partial charge in [-0.3, -0.25) is 9.11 Å². The van der Waals surface area contributed by atoms with E-state index in [4.69, 9.17) is 29.5 Å². The highest BCUT2D eigenvalue weighted by Gasteiger charge is 2.12. The van der Waals surface area contributed by atoms with Crippen LogP contribution in [0.3, 0.4) is 0 Å². The fourth-order valence-electron chi connectivity index (χ4n) is 1.33. The van der Waals surface area contributed by atoms with E-state index in [1.54, 1.807) is 0 Å². The zero-order chi connectivity index (χ0) is 18.7. The Hall–Kier alpha value is -2.54. The Labute approximate surface area is 136 Å². The molecule has 10 nitrogen and oxygen atoms in total. The first-order valence-electron chi connectivity index (χ1n) is 5.81. The number of hydrogen-bond acceptors (Lipinski definition) is 8. The van der Waals surface area contributed by atoms with Gasteiger partial charge in [0.25, 0.3) is 20.2 Å². The summed E-state index contributed by atoms with van der Waals surface area (Å²) >= 11 is 0. The van der Waals surface area contributed by atoms with Crippen molar-refractivity contribution < 1.29 is 46.4 Å². The van der Waals surface area contributed by atoms with Crippen molar-refractivity contribution in [1.29, 1.82) is 0 Å². The molecule has 2 aromatic carbocycles. The van der Waals surface area contributed by atoms with Gasteiger partial charge in [-0.15, -0.1) is 0 Å². The van der Waals surface area contributed by atoms with Gasteiger partial charge in [0.05, 0.1) is 9.79 Å². The topological polar surface area (TPSA) is 190 Å².